The van der Waals surface area contributed by atoms with E-state index in [0.29, 0.717) is 0 Å². The summed E-state index contributed by atoms with van der Waals surface area (Å²) < 4.78 is 43.0. The Morgan fingerprint density at radius 2 is 2.00 bits per heavy atom. The monoisotopic (exact) mass is 258 g/mol. The summed E-state index contributed by atoms with van der Waals surface area (Å²) in [6.45, 7) is 0. The molecule has 92 valence electrons. The van der Waals surface area contributed by atoms with Crippen molar-refractivity contribution < 1.29 is 17.5 Å². The average Bonchev–Trinajstić information content (AvgIpc) is 2.27. The molecule has 0 aromatic heterocycles. The van der Waals surface area contributed by atoms with E-state index in [1.807, 2.05) is 0 Å². The number of nitriles is 1. The first-order valence-electron chi connectivity index (χ1n) is 4.55. The van der Waals surface area contributed by atoms with Crippen molar-refractivity contribution in [2.45, 2.75) is 4.90 Å². The van der Waals surface area contributed by atoms with Crippen molar-refractivity contribution in [1.82, 2.24) is 4.31 Å². The molecule has 1 aromatic rings. The summed E-state index contributed by atoms with van der Waals surface area (Å²) in [5, 5.41) is 8.92. The van der Waals surface area contributed by atoms with Gasteiger partial charge in [0.05, 0.1) is 7.11 Å². The van der Waals surface area contributed by atoms with Gasteiger partial charge in [-0.2, -0.15) is 5.26 Å². The summed E-state index contributed by atoms with van der Waals surface area (Å²) in [6, 6.07) is 3.81. The first-order valence-corrected chi connectivity index (χ1v) is 5.99. The largest absolute Gasteiger partial charge is 0.495 e. The van der Waals surface area contributed by atoms with E-state index in [-0.39, 0.29) is 11.3 Å². The van der Waals surface area contributed by atoms with Gasteiger partial charge in [0.25, 0.3) is 0 Å². The van der Waals surface area contributed by atoms with Gasteiger partial charge in [-0.25, -0.2) is 17.1 Å². The Morgan fingerprint density at radius 1 is 1.41 bits per heavy atom. The first-order chi connectivity index (χ1) is 7.86. The maximum absolute atomic E-state index is 13.6. The van der Waals surface area contributed by atoms with Gasteiger partial charge in [0, 0.05) is 14.1 Å². The molecule has 0 saturated carbocycles. The number of hydrogen-bond donors (Lipinski definition) is 0. The fourth-order valence-electron chi connectivity index (χ4n) is 1.25. The van der Waals surface area contributed by atoms with Gasteiger partial charge in [-0.15, -0.1) is 0 Å². The Bertz CT molecular complexity index is 576. The maximum atomic E-state index is 13.6. The van der Waals surface area contributed by atoms with Crippen molar-refractivity contribution in [3.8, 4) is 11.8 Å². The van der Waals surface area contributed by atoms with Crippen LogP contribution in [0.2, 0.25) is 0 Å². The average molecular weight is 258 g/mol. The van der Waals surface area contributed by atoms with Crippen LogP contribution in [0.3, 0.4) is 0 Å². The van der Waals surface area contributed by atoms with E-state index in [2.05, 4.69) is 0 Å². The van der Waals surface area contributed by atoms with Crippen molar-refractivity contribution in [3.05, 3.63) is 23.5 Å². The van der Waals surface area contributed by atoms with Crippen molar-refractivity contribution in [2.75, 3.05) is 21.2 Å². The maximum Gasteiger partial charge on any atom is 0.246 e. The highest BCUT2D eigenvalue weighted by Gasteiger charge is 2.28. The van der Waals surface area contributed by atoms with Crippen molar-refractivity contribution in [2.24, 2.45) is 0 Å². The molecule has 0 N–H and O–H groups in total. The minimum atomic E-state index is -4.03. The van der Waals surface area contributed by atoms with Crippen LogP contribution < -0.4 is 4.74 Å². The smallest absolute Gasteiger partial charge is 0.246 e. The van der Waals surface area contributed by atoms with Gasteiger partial charge in [0.2, 0.25) is 10.0 Å². The Labute approximate surface area is 99.1 Å². The molecule has 17 heavy (non-hydrogen) atoms. The van der Waals surface area contributed by atoms with E-state index in [4.69, 9.17) is 10.00 Å². The second kappa shape index (κ2) is 4.69. The van der Waals surface area contributed by atoms with Crippen LogP contribution in [0.4, 0.5) is 4.39 Å². The number of rotatable bonds is 3. The van der Waals surface area contributed by atoms with Crippen LogP contribution in [0, 0.1) is 17.1 Å². The Hall–Kier alpha value is -1.65. The fraction of sp³-hybridized carbons (Fsp3) is 0.300. The van der Waals surface area contributed by atoms with Crippen LogP contribution >= 0.6 is 0 Å². The molecule has 0 saturated heterocycles. The van der Waals surface area contributed by atoms with Crippen molar-refractivity contribution >= 4 is 10.0 Å². The van der Waals surface area contributed by atoms with Gasteiger partial charge in [-0.1, -0.05) is 0 Å². The summed E-state index contributed by atoms with van der Waals surface area (Å²) in [5.74, 6) is -0.953. The quantitative estimate of drug-likeness (QED) is 0.809. The summed E-state index contributed by atoms with van der Waals surface area (Å²) in [4.78, 5) is -0.663. The van der Waals surface area contributed by atoms with Gasteiger partial charge in [-0.05, 0) is 12.1 Å². The first kappa shape index (κ1) is 13.4. The zero-order valence-electron chi connectivity index (χ0n) is 9.56. The summed E-state index contributed by atoms with van der Waals surface area (Å²) >= 11 is 0. The third-order valence-electron chi connectivity index (χ3n) is 2.14. The van der Waals surface area contributed by atoms with Gasteiger partial charge < -0.3 is 4.74 Å². The molecular formula is C10H11FN2O3S. The molecule has 0 aliphatic rings. The predicted molar refractivity (Wildman–Crippen MR) is 58.5 cm³/mol. The van der Waals surface area contributed by atoms with E-state index < -0.39 is 20.7 Å². The molecule has 0 bridgehead atoms. The molecule has 0 unspecified atom stereocenters. The second-order valence-electron chi connectivity index (χ2n) is 3.35. The van der Waals surface area contributed by atoms with E-state index in [9.17, 15) is 12.8 Å². The van der Waals surface area contributed by atoms with Crippen LogP contribution in [-0.4, -0.2) is 33.9 Å². The molecule has 0 radical (unpaired) electrons. The third kappa shape index (κ3) is 2.23. The van der Waals surface area contributed by atoms with Crippen LogP contribution in [0.25, 0.3) is 0 Å². The number of halogens is 1. The fourth-order valence-corrected chi connectivity index (χ4v) is 2.33. The number of ether oxygens (including phenoxy) is 1. The summed E-state index contributed by atoms with van der Waals surface area (Å²) in [6.07, 6.45) is 0. The number of nitrogens with zero attached hydrogens (tertiary/aromatic N) is 2. The molecule has 0 heterocycles. The highest BCUT2D eigenvalue weighted by Crippen LogP contribution is 2.29. The third-order valence-corrected chi connectivity index (χ3v) is 4.02. The van der Waals surface area contributed by atoms with Crippen LogP contribution in [-0.2, 0) is 10.0 Å². The minimum Gasteiger partial charge on any atom is -0.495 e. The Morgan fingerprint density at radius 3 is 2.41 bits per heavy atom. The number of methoxy groups -OCH3 is 1. The van der Waals surface area contributed by atoms with Gasteiger partial charge in [-0.3, -0.25) is 0 Å². The van der Waals surface area contributed by atoms with E-state index in [1.54, 1.807) is 6.07 Å². The lowest BCUT2D eigenvalue weighted by atomic mass is 10.2. The Balaban J connectivity index is 3.70. The molecule has 5 nitrogen and oxygen atoms in total. The molecule has 1 aromatic carbocycles. The normalized spacial score (nSPS) is 11.3. The summed E-state index contributed by atoms with van der Waals surface area (Å²) in [5.41, 5.74) is -0.332. The van der Waals surface area contributed by atoms with Gasteiger partial charge >= 0.3 is 0 Å². The minimum absolute atomic E-state index is 0.0225. The zero-order chi connectivity index (χ0) is 13.2. The van der Waals surface area contributed by atoms with Crippen LogP contribution in [0.1, 0.15) is 5.56 Å². The molecular weight excluding hydrogens is 247 g/mol. The zero-order valence-corrected chi connectivity index (χ0v) is 10.4. The van der Waals surface area contributed by atoms with E-state index in [1.165, 1.54) is 27.3 Å². The molecule has 0 spiro atoms. The SMILES string of the molecule is COc1ccc(F)c(S(=O)(=O)N(C)C)c1C#N. The predicted octanol–water partition coefficient (Wildman–Crippen LogP) is 0.956. The molecule has 1 rings (SSSR count). The van der Waals surface area contributed by atoms with E-state index in [0.717, 1.165) is 10.4 Å². The van der Waals surface area contributed by atoms with Crippen molar-refractivity contribution in [1.29, 1.82) is 5.26 Å². The lowest BCUT2D eigenvalue weighted by molar-refractivity contribution is 0.409. The van der Waals surface area contributed by atoms with Gasteiger partial charge in [0.15, 0.2) is 0 Å². The van der Waals surface area contributed by atoms with Crippen LogP contribution in [0.5, 0.6) is 5.75 Å². The molecule has 0 fully saturated rings. The molecule has 0 amide bonds. The van der Waals surface area contributed by atoms with Gasteiger partial charge in [0.1, 0.15) is 28.1 Å². The summed E-state index contributed by atoms with van der Waals surface area (Å²) in [7, 11) is -0.231. The molecule has 0 aliphatic carbocycles. The Kier molecular flexibility index (Phi) is 3.70. The molecule has 0 aliphatic heterocycles. The van der Waals surface area contributed by atoms with Crippen LogP contribution in [0.15, 0.2) is 17.0 Å². The topological polar surface area (TPSA) is 70.4 Å². The highest BCUT2D eigenvalue weighted by molar-refractivity contribution is 7.89. The molecule has 7 heteroatoms. The van der Waals surface area contributed by atoms with Crippen molar-refractivity contribution in [3.63, 3.8) is 0 Å². The standard InChI is InChI=1S/C10H11FN2O3S/c1-13(2)17(14,15)10-7(6-12)9(16-3)5-4-8(10)11/h4-5H,1-3H3. The lowest BCUT2D eigenvalue weighted by Gasteiger charge is -2.14. The lowest BCUT2D eigenvalue weighted by Crippen LogP contribution is -2.24. The number of hydrogen-bond acceptors (Lipinski definition) is 4. The molecule has 0 atom stereocenters. The highest BCUT2D eigenvalue weighted by atomic mass is 32.2. The number of benzene rings is 1. The second-order valence-corrected chi connectivity index (χ2v) is 5.44. The van der Waals surface area contributed by atoms with E-state index >= 15 is 0 Å². The number of sulfonamides is 1.